The maximum absolute atomic E-state index is 12.1. The van der Waals surface area contributed by atoms with Crippen LogP contribution in [0.15, 0.2) is 36.7 Å². The topological polar surface area (TPSA) is 34.9 Å². The second kappa shape index (κ2) is 5.63. The van der Waals surface area contributed by atoms with Crippen molar-refractivity contribution in [2.45, 2.75) is 33.2 Å². The van der Waals surface area contributed by atoms with Crippen molar-refractivity contribution in [2.75, 3.05) is 0 Å². The molecule has 0 radical (unpaired) electrons. The van der Waals surface area contributed by atoms with Gasteiger partial charge < -0.3 is 0 Å². The van der Waals surface area contributed by atoms with Crippen LogP contribution in [0.2, 0.25) is 0 Å². The first kappa shape index (κ1) is 12.6. The van der Waals surface area contributed by atoms with Gasteiger partial charge in [0.15, 0.2) is 5.78 Å². The van der Waals surface area contributed by atoms with E-state index in [9.17, 15) is 4.79 Å². The summed E-state index contributed by atoms with van der Waals surface area (Å²) in [6.07, 6.45) is 5.11. The van der Waals surface area contributed by atoms with Gasteiger partial charge in [-0.05, 0) is 24.5 Å². The van der Waals surface area contributed by atoms with E-state index < -0.39 is 0 Å². The van der Waals surface area contributed by atoms with Gasteiger partial charge in [-0.2, -0.15) is 5.10 Å². The molecule has 3 heteroatoms. The molecule has 2 rings (SSSR count). The second-order valence-electron chi connectivity index (χ2n) is 4.35. The Kier molecular flexibility index (Phi) is 3.92. The first-order valence-electron chi connectivity index (χ1n) is 6.36. The number of aromatic nitrogens is 2. The summed E-state index contributed by atoms with van der Waals surface area (Å²) < 4.78 is 1.84. The van der Waals surface area contributed by atoms with Crippen molar-refractivity contribution in [3.05, 3.63) is 53.3 Å². The number of hydrogen-bond acceptors (Lipinski definition) is 2. The van der Waals surface area contributed by atoms with Crippen LogP contribution in [0, 0.1) is 0 Å². The normalized spacial score (nSPS) is 10.6. The predicted molar refractivity (Wildman–Crippen MR) is 71.8 cm³/mol. The van der Waals surface area contributed by atoms with Gasteiger partial charge in [-0.15, -0.1) is 0 Å². The summed E-state index contributed by atoms with van der Waals surface area (Å²) in [5.74, 6) is 0.147. The minimum Gasteiger partial charge on any atom is -0.294 e. The van der Waals surface area contributed by atoms with Crippen molar-refractivity contribution in [3.63, 3.8) is 0 Å². The molecule has 94 valence electrons. The van der Waals surface area contributed by atoms with Crippen LogP contribution in [0.1, 0.15) is 35.3 Å². The Morgan fingerprint density at radius 3 is 2.44 bits per heavy atom. The first-order valence-corrected chi connectivity index (χ1v) is 6.36. The Morgan fingerprint density at radius 1 is 1.17 bits per heavy atom. The average molecular weight is 242 g/mol. The molecule has 1 aromatic carbocycles. The van der Waals surface area contributed by atoms with E-state index in [0.717, 1.165) is 24.1 Å². The van der Waals surface area contributed by atoms with E-state index in [0.29, 0.717) is 6.42 Å². The number of Topliss-reactive ketones (excluding diaryl/α,β-unsaturated/α-hetero) is 1. The summed E-state index contributed by atoms with van der Waals surface area (Å²) in [6, 6.07) is 7.85. The fourth-order valence-electron chi connectivity index (χ4n) is 1.88. The standard InChI is InChI=1S/C15H18N2O/c1-3-12-5-7-14(8-6-12)15(18)9-13-10-16-17(4-2)11-13/h5-8,10-11H,3-4,9H2,1-2H3. The van der Waals surface area contributed by atoms with E-state index in [1.54, 1.807) is 6.20 Å². The van der Waals surface area contributed by atoms with E-state index in [4.69, 9.17) is 0 Å². The third-order valence-corrected chi connectivity index (χ3v) is 3.06. The van der Waals surface area contributed by atoms with Gasteiger partial charge in [-0.3, -0.25) is 9.48 Å². The predicted octanol–water partition coefficient (Wildman–Crippen LogP) is 2.89. The molecule has 0 amide bonds. The van der Waals surface area contributed by atoms with Crippen LogP contribution >= 0.6 is 0 Å². The average Bonchev–Trinajstić information content (AvgIpc) is 2.86. The number of benzene rings is 1. The van der Waals surface area contributed by atoms with Crippen LogP contribution in [0.4, 0.5) is 0 Å². The molecule has 0 saturated heterocycles. The van der Waals surface area contributed by atoms with Gasteiger partial charge in [0.1, 0.15) is 0 Å². The lowest BCUT2D eigenvalue weighted by atomic mass is 10.0. The molecule has 1 heterocycles. The fraction of sp³-hybridized carbons (Fsp3) is 0.333. The van der Waals surface area contributed by atoms with Gasteiger partial charge in [-0.1, -0.05) is 31.2 Å². The summed E-state index contributed by atoms with van der Waals surface area (Å²) in [5.41, 5.74) is 3.00. The van der Waals surface area contributed by atoms with Crippen molar-refractivity contribution in [3.8, 4) is 0 Å². The van der Waals surface area contributed by atoms with Crippen LogP contribution in [0.25, 0.3) is 0 Å². The van der Waals surface area contributed by atoms with Gasteiger partial charge in [0.2, 0.25) is 0 Å². The van der Waals surface area contributed by atoms with Crippen molar-refractivity contribution in [2.24, 2.45) is 0 Å². The second-order valence-corrected chi connectivity index (χ2v) is 4.35. The minimum atomic E-state index is 0.147. The molecule has 0 fully saturated rings. The Hall–Kier alpha value is -1.90. The van der Waals surface area contributed by atoms with Crippen LogP contribution in [-0.2, 0) is 19.4 Å². The summed E-state index contributed by atoms with van der Waals surface area (Å²) >= 11 is 0. The number of carbonyl (C=O) groups excluding carboxylic acids is 1. The van der Waals surface area contributed by atoms with Crippen molar-refractivity contribution < 1.29 is 4.79 Å². The maximum atomic E-state index is 12.1. The molecule has 0 unspecified atom stereocenters. The van der Waals surface area contributed by atoms with Gasteiger partial charge in [-0.25, -0.2) is 0 Å². The number of aryl methyl sites for hydroxylation is 2. The summed E-state index contributed by atoms with van der Waals surface area (Å²) in [4.78, 5) is 12.1. The molecular formula is C15H18N2O. The smallest absolute Gasteiger partial charge is 0.167 e. The van der Waals surface area contributed by atoms with Gasteiger partial charge in [0, 0.05) is 24.7 Å². The maximum Gasteiger partial charge on any atom is 0.167 e. The SMILES string of the molecule is CCc1ccc(C(=O)Cc2cnn(CC)c2)cc1. The van der Waals surface area contributed by atoms with Crippen LogP contribution < -0.4 is 0 Å². The molecule has 0 aliphatic heterocycles. The number of hydrogen-bond donors (Lipinski definition) is 0. The number of rotatable bonds is 5. The van der Waals surface area contributed by atoms with Crippen LogP contribution in [0.3, 0.4) is 0 Å². The summed E-state index contributed by atoms with van der Waals surface area (Å²) in [6.45, 7) is 4.97. The van der Waals surface area contributed by atoms with Gasteiger partial charge in [0.05, 0.1) is 6.20 Å². The van der Waals surface area contributed by atoms with E-state index in [2.05, 4.69) is 12.0 Å². The molecule has 18 heavy (non-hydrogen) atoms. The number of nitrogens with zero attached hydrogens (tertiary/aromatic N) is 2. The highest BCUT2D eigenvalue weighted by Gasteiger charge is 2.08. The van der Waals surface area contributed by atoms with E-state index in [1.807, 2.05) is 42.1 Å². The zero-order chi connectivity index (χ0) is 13.0. The fourth-order valence-corrected chi connectivity index (χ4v) is 1.88. The Balaban J connectivity index is 2.06. The van der Waals surface area contributed by atoms with Crippen molar-refractivity contribution in [1.82, 2.24) is 9.78 Å². The quantitative estimate of drug-likeness (QED) is 0.756. The summed E-state index contributed by atoms with van der Waals surface area (Å²) in [5, 5.41) is 4.17. The molecule has 0 saturated carbocycles. The molecule has 3 nitrogen and oxygen atoms in total. The van der Waals surface area contributed by atoms with Crippen molar-refractivity contribution >= 4 is 5.78 Å². The highest BCUT2D eigenvalue weighted by atomic mass is 16.1. The zero-order valence-corrected chi connectivity index (χ0v) is 10.9. The number of carbonyl (C=O) groups is 1. The first-order chi connectivity index (χ1) is 8.72. The molecule has 1 aromatic heterocycles. The zero-order valence-electron chi connectivity index (χ0n) is 10.9. The summed E-state index contributed by atoms with van der Waals surface area (Å²) in [7, 11) is 0. The molecule has 0 atom stereocenters. The molecule has 0 aliphatic carbocycles. The van der Waals surface area contributed by atoms with Gasteiger partial charge >= 0.3 is 0 Å². The third kappa shape index (κ3) is 2.86. The third-order valence-electron chi connectivity index (χ3n) is 3.06. The molecular weight excluding hydrogens is 224 g/mol. The number of ketones is 1. The monoisotopic (exact) mass is 242 g/mol. The minimum absolute atomic E-state index is 0.147. The Morgan fingerprint density at radius 2 is 1.89 bits per heavy atom. The van der Waals surface area contributed by atoms with E-state index in [-0.39, 0.29) is 5.78 Å². The molecule has 0 spiro atoms. The molecule has 0 N–H and O–H groups in total. The Labute approximate surface area is 107 Å². The lowest BCUT2D eigenvalue weighted by molar-refractivity contribution is 0.0993. The van der Waals surface area contributed by atoms with Crippen LogP contribution in [0.5, 0.6) is 0 Å². The van der Waals surface area contributed by atoms with Gasteiger partial charge in [0.25, 0.3) is 0 Å². The molecule has 0 aliphatic rings. The molecule has 2 aromatic rings. The van der Waals surface area contributed by atoms with Crippen molar-refractivity contribution in [1.29, 1.82) is 0 Å². The largest absolute Gasteiger partial charge is 0.294 e. The lowest BCUT2D eigenvalue weighted by Gasteiger charge is -2.01. The lowest BCUT2D eigenvalue weighted by Crippen LogP contribution is -2.03. The Bertz CT molecular complexity index is 526. The van der Waals surface area contributed by atoms with E-state index in [1.165, 1.54) is 5.56 Å². The van der Waals surface area contributed by atoms with Crippen LogP contribution in [-0.4, -0.2) is 15.6 Å². The molecule has 0 bridgehead atoms. The highest BCUT2D eigenvalue weighted by Crippen LogP contribution is 2.09. The van der Waals surface area contributed by atoms with E-state index >= 15 is 0 Å². The highest BCUT2D eigenvalue weighted by molar-refractivity contribution is 5.97.